The molecule has 32 heavy (non-hydrogen) atoms. The molecule has 8 heteroatoms. The van der Waals surface area contributed by atoms with Crippen molar-refractivity contribution in [2.45, 2.75) is 39.3 Å². The van der Waals surface area contributed by atoms with Gasteiger partial charge in [0.15, 0.2) is 5.82 Å². The Bertz CT molecular complexity index is 1220. The third kappa shape index (κ3) is 4.81. The number of rotatable bonds is 9. The number of tetrazole rings is 1. The molecule has 0 bridgehead atoms. The quantitative estimate of drug-likeness (QED) is 0.435. The summed E-state index contributed by atoms with van der Waals surface area (Å²) < 4.78 is 6.93. The highest BCUT2D eigenvalue weighted by Gasteiger charge is 2.12. The summed E-state index contributed by atoms with van der Waals surface area (Å²) in [5.74, 6) is 1.43. The summed E-state index contributed by atoms with van der Waals surface area (Å²) in [5.41, 5.74) is 4.67. The highest BCUT2D eigenvalue weighted by atomic mass is 16.5. The number of H-pyrrole nitrogens is 1. The number of methoxy groups -OCH3 is 1. The van der Waals surface area contributed by atoms with E-state index in [1.54, 1.807) is 17.7 Å². The lowest BCUT2D eigenvalue weighted by molar-refractivity contribution is 0.180. The van der Waals surface area contributed by atoms with Crippen LogP contribution >= 0.6 is 0 Å². The average Bonchev–Trinajstić information content (AvgIpc) is 3.35. The predicted octanol–water partition coefficient (Wildman–Crippen LogP) is 3.63. The smallest absolute Gasteiger partial charge is 0.254 e. The van der Waals surface area contributed by atoms with Gasteiger partial charge in [-0.3, -0.25) is 9.36 Å². The van der Waals surface area contributed by atoms with E-state index in [9.17, 15) is 4.79 Å². The Kier molecular flexibility index (Phi) is 6.81. The van der Waals surface area contributed by atoms with Crippen LogP contribution in [0.5, 0.6) is 0 Å². The summed E-state index contributed by atoms with van der Waals surface area (Å²) in [6.07, 6.45) is 2.79. The van der Waals surface area contributed by atoms with E-state index in [1.165, 1.54) is 0 Å². The van der Waals surface area contributed by atoms with Crippen LogP contribution in [0.1, 0.15) is 36.8 Å². The van der Waals surface area contributed by atoms with Gasteiger partial charge in [-0.2, -0.15) is 0 Å². The van der Waals surface area contributed by atoms with Crippen molar-refractivity contribution in [2.24, 2.45) is 0 Å². The van der Waals surface area contributed by atoms with Crippen LogP contribution in [0, 0.1) is 0 Å². The molecule has 0 aliphatic rings. The number of aromatic amines is 1. The van der Waals surface area contributed by atoms with Gasteiger partial charge in [-0.05, 0) is 33.5 Å². The van der Waals surface area contributed by atoms with Crippen LogP contribution in [0.15, 0.2) is 59.4 Å². The molecule has 2 heterocycles. The lowest BCUT2D eigenvalue weighted by Crippen LogP contribution is -2.26. The first-order valence-electron chi connectivity index (χ1n) is 10.7. The third-order valence-electron chi connectivity index (χ3n) is 5.32. The molecule has 0 unspecified atom stereocenters. The van der Waals surface area contributed by atoms with Crippen molar-refractivity contribution in [3.8, 4) is 22.5 Å². The third-order valence-corrected chi connectivity index (χ3v) is 5.32. The SMILES string of the molecule is CCCCc1nc(COC)cc(=O)n1Cc1ccc(-c2ccccc2-c2nnn[nH]2)cc1. The summed E-state index contributed by atoms with van der Waals surface area (Å²) in [6.45, 7) is 2.95. The second-order valence-corrected chi connectivity index (χ2v) is 7.62. The fourth-order valence-electron chi connectivity index (χ4n) is 3.71. The largest absolute Gasteiger partial charge is 0.378 e. The molecule has 0 aliphatic heterocycles. The maximum Gasteiger partial charge on any atom is 0.254 e. The normalized spacial score (nSPS) is 11.1. The molecular formula is C24H26N6O2. The number of aryl methyl sites for hydroxylation is 1. The Morgan fingerprint density at radius 3 is 2.53 bits per heavy atom. The molecule has 164 valence electrons. The van der Waals surface area contributed by atoms with E-state index in [4.69, 9.17) is 4.74 Å². The Balaban J connectivity index is 1.62. The minimum atomic E-state index is -0.0506. The van der Waals surface area contributed by atoms with Crippen LogP contribution in [0.2, 0.25) is 0 Å². The highest BCUT2D eigenvalue weighted by Crippen LogP contribution is 2.29. The van der Waals surface area contributed by atoms with E-state index < -0.39 is 0 Å². The molecule has 0 saturated carbocycles. The summed E-state index contributed by atoms with van der Waals surface area (Å²) in [4.78, 5) is 17.5. The number of nitrogens with one attached hydrogen (secondary N) is 1. The number of aromatic nitrogens is 6. The summed E-state index contributed by atoms with van der Waals surface area (Å²) >= 11 is 0. The van der Waals surface area contributed by atoms with Crippen molar-refractivity contribution in [1.29, 1.82) is 0 Å². The standard InChI is InChI=1S/C24H26N6O2/c1-3-4-9-22-25-19(16-32-2)14-23(31)30(22)15-17-10-12-18(13-11-17)20-7-5-6-8-21(20)24-26-28-29-27-24/h5-8,10-14H,3-4,9,15-16H2,1-2H3,(H,26,27,28,29). The fraction of sp³-hybridized carbons (Fsp3) is 0.292. The van der Waals surface area contributed by atoms with Crippen LogP contribution in [-0.2, 0) is 24.3 Å². The number of hydrogen-bond donors (Lipinski definition) is 1. The Labute approximate surface area is 186 Å². The second-order valence-electron chi connectivity index (χ2n) is 7.62. The van der Waals surface area contributed by atoms with Crippen LogP contribution in [-0.4, -0.2) is 37.3 Å². The monoisotopic (exact) mass is 430 g/mol. The summed E-state index contributed by atoms with van der Waals surface area (Å²) in [7, 11) is 1.61. The lowest BCUT2D eigenvalue weighted by atomic mass is 9.98. The van der Waals surface area contributed by atoms with Crippen LogP contribution in [0.4, 0.5) is 0 Å². The molecule has 4 rings (SSSR count). The van der Waals surface area contributed by atoms with Gasteiger partial charge < -0.3 is 4.74 Å². The van der Waals surface area contributed by atoms with Crippen LogP contribution < -0.4 is 5.56 Å². The minimum absolute atomic E-state index is 0.0506. The molecule has 1 N–H and O–H groups in total. The Hall–Kier alpha value is -3.65. The highest BCUT2D eigenvalue weighted by molar-refractivity contribution is 5.80. The molecule has 0 aliphatic carbocycles. The van der Waals surface area contributed by atoms with E-state index in [-0.39, 0.29) is 5.56 Å². The predicted molar refractivity (Wildman–Crippen MR) is 122 cm³/mol. The average molecular weight is 431 g/mol. The van der Waals surface area contributed by atoms with E-state index in [0.717, 1.165) is 47.3 Å². The van der Waals surface area contributed by atoms with Crippen molar-refractivity contribution in [2.75, 3.05) is 7.11 Å². The van der Waals surface area contributed by atoms with Crippen LogP contribution in [0.25, 0.3) is 22.5 Å². The zero-order valence-electron chi connectivity index (χ0n) is 18.3. The van der Waals surface area contributed by atoms with Crippen molar-refractivity contribution in [1.82, 2.24) is 30.2 Å². The van der Waals surface area contributed by atoms with Gasteiger partial charge in [0.1, 0.15) is 5.82 Å². The van der Waals surface area contributed by atoms with Crippen molar-refractivity contribution < 1.29 is 4.74 Å². The second kappa shape index (κ2) is 10.1. The molecule has 4 aromatic rings. The van der Waals surface area contributed by atoms with Gasteiger partial charge in [0.25, 0.3) is 5.56 Å². The maximum absolute atomic E-state index is 12.8. The zero-order valence-corrected chi connectivity index (χ0v) is 18.3. The lowest BCUT2D eigenvalue weighted by Gasteiger charge is -2.14. The molecule has 0 radical (unpaired) electrons. The van der Waals surface area contributed by atoms with Gasteiger partial charge in [0.2, 0.25) is 0 Å². The van der Waals surface area contributed by atoms with Gasteiger partial charge in [-0.25, -0.2) is 10.1 Å². The minimum Gasteiger partial charge on any atom is -0.378 e. The van der Waals surface area contributed by atoms with Gasteiger partial charge >= 0.3 is 0 Å². The molecule has 8 nitrogen and oxygen atoms in total. The molecule has 2 aromatic carbocycles. The zero-order chi connectivity index (χ0) is 22.3. The van der Waals surface area contributed by atoms with Crippen molar-refractivity contribution in [3.63, 3.8) is 0 Å². The number of unbranched alkanes of at least 4 members (excludes halogenated alkanes) is 1. The first-order chi connectivity index (χ1) is 15.7. The molecule has 0 spiro atoms. The van der Waals surface area contributed by atoms with Crippen LogP contribution in [0.3, 0.4) is 0 Å². The topological polar surface area (TPSA) is 98.6 Å². The van der Waals surface area contributed by atoms with E-state index >= 15 is 0 Å². The van der Waals surface area contributed by atoms with Gasteiger partial charge in [-0.15, -0.1) is 5.10 Å². The number of nitrogens with zero attached hydrogens (tertiary/aromatic N) is 5. The van der Waals surface area contributed by atoms with Gasteiger partial charge in [-0.1, -0.05) is 61.9 Å². The molecular weight excluding hydrogens is 404 g/mol. The van der Waals surface area contributed by atoms with E-state index in [1.807, 2.05) is 36.4 Å². The Morgan fingerprint density at radius 2 is 1.84 bits per heavy atom. The van der Waals surface area contributed by atoms with Crippen molar-refractivity contribution >= 4 is 0 Å². The first kappa shape index (κ1) is 21.6. The maximum atomic E-state index is 12.8. The summed E-state index contributed by atoms with van der Waals surface area (Å²) in [5, 5.41) is 14.2. The molecule has 0 atom stereocenters. The molecule has 2 aromatic heterocycles. The first-order valence-corrected chi connectivity index (χ1v) is 10.7. The number of benzene rings is 2. The van der Waals surface area contributed by atoms with E-state index in [0.29, 0.717) is 24.7 Å². The van der Waals surface area contributed by atoms with Gasteiger partial charge in [0, 0.05) is 25.2 Å². The van der Waals surface area contributed by atoms with Crippen molar-refractivity contribution in [3.05, 3.63) is 82.0 Å². The Morgan fingerprint density at radius 1 is 1.06 bits per heavy atom. The fourth-order valence-corrected chi connectivity index (χ4v) is 3.71. The molecule has 0 amide bonds. The van der Waals surface area contributed by atoms with E-state index in [2.05, 4.69) is 44.7 Å². The summed E-state index contributed by atoms with van der Waals surface area (Å²) in [6, 6.07) is 17.7. The molecule has 0 fully saturated rings. The number of hydrogen-bond acceptors (Lipinski definition) is 6. The van der Waals surface area contributed by atoms with Gasteiger partial charge in [0.05, 0.1) is 18.8 Å². The number of ether oxygens (including phenoxy) is 1. The molecule has 0 saturated heterocycles.